The molecule has 1 atom stereocenters. The molecular formula is C30H62O. The molecule has 0 fully saturated rings. The monoisotopic (exact) mass is 438 g/mol. The number of unbranched alkanes of at least 4 members (excludes halogenated alkanes) is 19. The molecule has 0 N–H and O–H groups in total. The lowest BCUT2D eigenvalue weighted by Crippen LogP contribution is -2.11. The lowest BCUT2D eigenvalue weighted by Gasteiger charge is -2.17. The summed E-state index contributed by atoms with van der Waals surface area (Å²) in [4.78, 5) is 0. The van der Waals surface area contributed by atoms with Crippen molar-refractivity contribution in [1.29, 1.82) is 0 Å². The Kier molecular flexibility index (Phi) is 28.0. The molecule has 0 heterocycles. The summed E-state index contributed by atoms with van der Waals surface area (Å²) in [5.41, 5.74) is 0. The second-order valence-electron chi connectivity index (χ2n) is 10.2. The Morgan fingerprint density at radius 3 is 1.13 bits per heavy atom. The normalized spacial score (nSPS) is 12.5. The van der Waals surface area contributed by atoms with E-state index in [1.54, 1.807) is 0 Å². The summed E-state index contributed by atoms with van der Waals surface area (Å²) in [5, 5.41) is 0. The first-order chi connectivity index (χ1) is 15.3. The zero-order chi connectivity index (χ0) is 22.7. The molecule has 0 bridgehead atoms. The van der Waals surface area contributed by atoms with E-state index < -0.39 is 0 Å². The van der Waals surface area contributed by atoms with Gasteiger partial charge in [-0.25, -0.2) is 0 Å². The maximum atomic E-state index is 6.15. The van der Waals surface area contributed by atoms with Crippen molar-refractivity contribution in [3.63, 3.8) is 0 Å². The summed E-state index contributed by atoms with van der Waals surface area (Å²) in [7, 11) is 0. The largest absolute Gasteiger partial charge is 0.381 e. The third-order valence-electron chi connectivity index (χ3n) is 6.93. The lowest BCUT2D eigenvalue weighted by atomic mass is 9.95. The van der Waals surface area contributed by atoms with Gasteiger partial charge in [-0.15, -0.1) is 0 Å². The summed E-state index contributed by atoms with van der Waals surface area (Å²) in [6.45, 7) is 8.94. The highest BCUT2D eigenvalue weighted by Gasteiger charge is 2.09. The van der Waals surface area contributed by atoms with Gasteiger partial charge in [-0.3, -0.25) is 0 Å². The minimum atomic E-state index is 0.820. The standard InChI is InChI=1S/C30H62O/c1-4-7-10-13-15-17-18-20-22-25-28-31-29-30(26-23-12-9-6-3)27-24-21-19-16-14-11-8-5-2/h30H,4-29H2,1-3H3. The quantitative estimate of drug-likeness (QED) is 0.116. The smallest absolute Gasteiger partial charge is 0.0494 e. The molecule has 0 radical (unpaired) electrons. The SMILES string of the molecule is CCCCCCCCCCCCOCC(CCCCCC)CCCCCCCCCC. The number of hydrogen-bond acceptors (Lipinski definition) is 1. The Bertz CT molecular complexity index is 301. The van der Waals surface area contributed by atoms with Crippen molar-refractivity contribution < 1.29 is 4.74 Å². The molecule has 0 saturated heterocycles. The first-order valence-corrected chi connectivity index (χ1v) is 14.9. The van der Waals surface area contributed by atoms with Crippen molar-refractivity contribution in [2.45, 2.75) is 175 Å². The Hall–Kier alpha value is -0.0400. The second-order valence-corrected chi connectivity index (χ2v) is 10.2. The summed E-state index contributed by atoms with van der Waals surface area (Å²) in [5.74, 6) is 0.820. The van der Waals surface area contributed by atoms with Gasteiger partial charge in [0.25, 0.3) is 0 Å². The van der Waals surface area contributed by atoms with Crippen molar-refractivity contribution >= 4 is 0 Å². The van der Waals surface area contributed by atoms with Crippen LogP contribution < -0.4 is 0 Å². The molecule has 0 aromatic carbocycles. The van der Waals surface area contributed by atoms with Crippen LogP contribution in [-0.4, -0.2) is 13.2 Å². The van der Waals surface area contributed by atoms with Crippen molar-refractivity contribution in [1.82, 2.24) is 0 Å². The minimum Gasteiger partial charge on any atom is -0.381 e. The van der Waals surface area contributed by atoms with Crippen LogP contribution in [-0.2, 0) is 4.74 Å². The fraction of sp³-hybridized carbons (Fsp3) is 1.00. The van der Waals surface area contributed by atoms with E-state index in [4.69, 9.17) is 4.74 Å². The highest BCUT2D eigenvalue weighted by molar-refractivity contribution is 4.61. The number of ether oxygens (including phenoxy) is 1. The zero-order valence-electron chi connectivity index (χ0n) is 22.4. The first kappa shape index (κ1) is 31.0. The fourth-order valence-electron chi connectivity index (χ4n) is 4.68. The minimum absolute atomic E-state index is 0.820. The predicted octanol–water partition coefficient (Wildman–Crippen LogP) is 11.0. The van der Waals surface area contributed by atoms with Gasteiger partial charge in [0.1, 0.15) is 0 Å². The van der Waals surface area contributed by atoms with Crippen molar-refractivity contribution in [3.05, 3.63) is 0 Å². The van der Waals surface area contributed by atoms with E-state index in [1.165, 1.54) is 154 Å². The van der Waals surface area contributed by atoms with Crippen LogP contribution in [0.1, 0.15) is 175 Å². The molecule has 0 rings (SSSR count). The maximum Gasteiger partial charge on any atom is 0.0494 e. The molecule has 1 heteroatoms. The van der Waals surface area contributed by atoms with Crippen LogP contribution in [0, 0.1) is 5.92 Å². The third-order valence-corrected chi connectivity index (χ3v) is 6.93. The average molecular weight is 439 g/mol. The number of rotatable bonds is 27. The van der Waals surface area contributed by atoms with Crippen molar-refractivity contribution in [2.24, 2.45) is 5.92 Å². The van der Waals surface area contributed by atoms with Crippen LogP contribution >= 0.6 is 0 Å². The van der Waals surface area contributed by atoms with Gasteiger partial charge in [0, 0.05) is 13.2 Å². The maximum absolute atomic E-state index is 6.15. The molecule has 0 saturated carbocycles. The summed E-state index contributed by atoms with van der Waals surface area (Å²) < 4.78 is 6.15. The average Bonchev–Trinajstić information content (AvgIpc) is 2.78. The van der Waals surface area contributed by atoms with E-state index in [2.05, 4.69) is 20.8 Å². The van der Waals surface area contributed by atoms with E-state index in [9.17, 15) is 0 Å². The third kappa shape index (κ3) is 26.1. The summed E-state index contributed by atoms with van der Waals surface area (Å²) in [6.07, 6.45) is 33.9. The molecule has 0 aliphatic carbocycles. The van der Waals surface area contributed by atoms with Gasteiger partial charge in [0.2, 0.25) is 0 Å². The fourth-order valence-corrected chi connectivity index (χ4v) is 4.68. The zero-order valence-corrected chi connectivity index (χ0v) is 22.4. The molecule has 0 aromatic heterocycles. The van der Waals surface area contributed by atoms with E-state index in [-0.39, 0.29) is 0 Å². The highest BCUT2D eigenvalue weighted by atomic mass is 16.5. The van der Waals surface area contributed by atoms with Crippen LogP contribution in [0.4, 0.5) is 0 Å². The summed E-state index contributed by atoms with van der Waals surface area (Å²) in [6, 6.07) is 0. The topological polar surface area (TPSA) is 9.23 Å². The van der Waals surface area contributed by atoms with Crippen molar-refractivity contribution in [3.8, 4) is 0 Å². The van der Waals surface area contributed by atoms with Gasteiger partial charge in [-0.1, -0.05) is 156 Å². The molecule has 0 aliphatic rings. The van der Waals surface area contributed by atoms with Crippen LogP contribution in [0.2, 0.25) is 0 Å². The van der Waals surface area contributed by atoms with E-state index in [1.807, 2.05) is 0 Å². The Labute approximate surface area is 198 Å². The predicted molar refractivity (Wildman–Crippen MR) is 142 cm³/mol. The lowest BCUT2D eigenvalue weighted by molar-refractivity contribution is 0.0878. The molecule has 0 amide bonds. The van der Waals surface area contributed by atoms with E-state index in [0.29, 0.717) is 0 Å². The molecule has 0 aliphatic heterocycles. The number of hydrogen-bond donors (Lipinski definition) is 0. The molecule has 0 spiro atoms. The molecular weight excluding hydrogens is 376 g/mol. The van der Waals surface area contributed by atoms with Crippen LogP contribution in [0.5, 0.6) is 0 Å². The van der Waals surface area contributed by atoms with E-state index >= 15 is 0 Å². The van der Waals surface area contributed by atoms with Gasteiger partial charge in [-0.05, 0) is 25.2 Å². The van der Waals surface area contributed by atoms with Gasteiger partial charge < -0.3 is 4.74 Å². The molecule has 0 aromatic rings. The van der Waals surface area contributed by atoms with E-state index in [0.717, 1.165) is 19.1 Å². The molecule has 1 unspecified atom stereocenters. The van der Waals surface area contributed by atoms with Gasteiger partial charge in [0.05, 0.1) is 0 Å². The Morgan fingerprint density at radius 2 is 0.710 bits per heavy atom. The highest BCUT2D eigenvalue weighted by Crippen LogP contribution is 2.20. The molecule has 31 heavy (non-hydrogen) atoms. The van der Waals surface area contributed by atoms with Gasteiger partial charge in [0.15, 0.2) is 0 Å². The van der Waals surface area contributed by atoms with Crippen LogP contribution in [0.25, 0.3) is 0 Å². The van der Waals surface area contributed by atoms with Gasteiger partial charge >= 0.3 is 0 Å². The molecule has 188 valence electrons. The Morgan fingerprint density at radius 1 is 0.387 bits per heavy atom. The molecule has 1 nitrogen and oxygen atoms in total. The summed E-state index contributed by atoms with van der Waals surface area (Å²) >= 11 is 0. The van der Waals surface area contributed by atoms with Crippen LogP contribution in [0.15, 0.2) is 0 Å². The second kappa shape index (κ2) is 28.0. The van der Waals surface area contributed by atoms with Crippen LogP contribution in [0.3, 0.4) is 0 Å². The van der Waals surface area contributed by atoms with Gasteiger partial charge in [-0.2, -0.15) is 0 Å². The first-order valence-electron chi connectivity index (χ1n) is 14.9. The Balaban J connectivity index is 3.65. The van der Waals surface area contributed by atoms with Crippen molar-refractivity contribution in [2.75, 3.05) is 13.2 Å².